The van der Waals surface area contributed by atoms with Crippen molar-refractivity contribution in [2.45, 2.75) is 32.4 Å². The number of halogens is 1. The van der Waals surface area contributed by atoms with E-state index in [1.807, 2.05) is 12.1 Å². The summed E-state index contributed by atoms with van der Waals surface area (Å²) in [7, 11) is 0. The zero-order chi connectivity index (χ0) is 9.97. The van der Waals surface area contributed by atoms with Gasteiger partial charge in [0, 0.05) is 18.2 Å². The summed E-state index contributed by atoms with van der Waals surface area (Å²) >= 11 is 0. The van der Waals surface area contributed by atoms with Gasteiger partial charge < -0.3 is 5.32 Å². The Morgan fingerprint density at radius 1 is 1.36 bits per heavy atom. The lowest BCUT2D eigenvalue weighted by atomic mass is 9.82. The first-order chi connectivity index (χ1) is 6.75. The van der Waals surface area contributed by atoms with Gasteiger partial charge >= 0.3 is 0 Å². The third-order valence-electron chi connectivity index (χ3n) is 2.91. The Morgan fingerprint density at radius 2 is 2.07 bits per heavy atom. The minimum Gasteiger partial charge on any atom is -0.310 e. The van der Waals surface area contributed by atoms with Crippen LogP contribution in [0.4, 0.5) is 4.39 Å². The van der Waals surface area contributed by atoms with Gasteiger partial charge in [-0.1, -0.05) is 25.1 Å². The summed E-state index contributed by atoms with van der Waals surface area (Å²) in [6, 6.07) is 7.56. The van der Waals surface area contributed by atoms with Crippen LogP contribution in [0.3, 0.4) is 0 Å². The van der Waals surface area contributed by atoms with Crippen LogP contribution >= 0.6 is 0 Å². The summed E-state index contributed by atoms with van der Waals surface area (Å²) in [6.45, 7) is 2.91. The van der Waals surface area contributed by atoms with Crippen molar-refractivity contribution in [1.82, 2.24) is 5.32 Å². The first-order valence-corrected chi connectivity index (χ1v) is 5.22. The molecule has 0 amide bonds. The van der Waals surface area contributed by atoms with Crippen molar-refractivity contribution in [3.05, 3.63) is 35.6 Å². The van der Waals surface area contributed by atoms with E-state index in [2.05, 4.69) is 12.2 Å². The summed E-state index contributed by atoms with van der Waals surface area (Å²) < 4.78 is 13.2. The second kappa shape index (κ2) is 4.09. The predicted octanol–water partition coefficient (Wildman–Crippen LogP) is 2.71. The van der Waals surface area contributed by atoms with Crippen LogP contribution in [0.15, 0.2) is 24.3 Å². The molecule has 1 aliphatic rings. The maximum absolute atomic E-state index is 13.2. The SMILES string of the molecule is CC1CC(NCc2ccccc2F)C1. The smallest absolute Gasteiger partial charge is 0.127 e. The molecule has 1 aromatic carbocycles. The largest absolute Gasteiger partial charge is 0.310 e. The average molecular weight is 193 g/mol. The lowest BCUT2D eigenvalue weighted by Gasteiger charge is -2.33. The number of hydrogen-bond donors (Lipinski definition) is 1. The van der Waals surface area contributed by atoms with Crippen LogP contribution in [0.2, 0.25) is 0 Å². The Kier molecular flexibility index (Phi) is 2.82. The number of rotatable bonds is 3. The van der Waals surface area contributed by atoms with Crippen molar-refractivity contribution in [1.29, 1.82) is 0 Å². The maximum Gasteiger partial charge on any atom is 0.127 e. The van der Waals surface area contributed by atoms with E-state index in [1.54, 1.807) is 6.07 Å². The number of benzene rings is 1. The molecule has 1 aromatic rings. The topological polar surface area (TPSA) is 12.0 Å². The van der Waals surface area contributed by atoms with Gasteiger partial charge in [-0.25, -0.2) is 4.39 Å². The van der Waals surface area contributed by atoms with Crippen LogP contribution in [0, 0.1) is 11.7 Å². The van der Waals surface area contributed by atoms with Crippen molar-refractivity contribution in [2.24, 2.45) is 5.92 Å². The van der Waals surface area contributed by atoms with Gasteiger partial charge in [0.15, 0.2) is 0 Å². The molecule has 14 heavy (non-hydrogen) atoms. The minimum atomic E-state index is -0.104. The summed E-state index contributed by atoms with van der Waals surface area (Å²) in [6.07, 6.45) is 2.46. The summed E-state index contributed by atoms with van der Waals surface area (Å²) in [4.78, 5) is 0. The Bertz CT molecular complexity index is 305. The lowest BCUT2D eigenvalue weighted by Crippen LogP contribution is -2.39. The second-order valence-electron chi connectivity index (χ2n) is 4.25. The standard InChI is InChI=1S/C12H16FN/c1-9-6-11(7-9)14-8-10-4-2-3-5-12(10)13/h2-5,9,11,14H,6-8H2,1H3. The highest BCUT2D eigenvalue weighted by Gasteiger charge is 2.24. The molecule has 2 heteroatoms. The van der Waals surface area contributed by atoms with Gasteiger partial charge in [-0.2, -0.15) is 0 Å². The monoisotopic (exact) mass is 193 g/mol. The van der Waals surface area contributed by atoms with Gasteiger partial charge in [0.25, 0.3) is 0 Å². The van der Waals surface area contributed by atoms with E-state index in [9.17, 15) is 4.39 Å². The Hall–Kier alpha value is -0.890. The molecule has 0 saturated heterocycles. The molecule has 1 saturated carbocycles. The Labute approximate surface area is 84.3 Å². The van der Waals surface area contributed by atoms with Gasteiger partial charge in [0.05, 0.1) is 0 Å². The zero-order valence-corrected chi connectivity index (χ0v) is 8.46. The minimum absolute atomic E-state index is 0.104. The first-order valence-electron chi connectivity index (χ1n) is 5.22. The van der Waals surface area contributed by atoms with Crippen molar-refractivity contribution >= 4 is 0 Å². The van der Waals surface area contributed by atoms with Crippen LogP contribution in [0.1, 0.15) is 25.3 Å². The van der Waals surface area contributed by atoms with Crippen molar-refractivity contribution in [3.63, 3.8) is 0 Å². The first kappa shape index (κ1) is 9.66. The molecule has 0 spiro atoms. The van der Waals surface area contributed by atoms with Crippen LogP contribution in [-0.2, 0) is 6.54 Å². The molecule has 1 fully saturated rings. The van der Waals surface area contributed by atoms with Crippen LogP contribution in [0.25, 0.3) is 0 Å². The Morgan fingerprint density at radius 3 is 2.71 bits per heavy atom. The molecule has 0 atom stereocenters. The van der Waals surface area contributed by atoms with Crippen LogP contribution < -0.4 is 5.32 Å². The molecule has 0 aliphatic heterocycles. The molecule has 0 radical (unpaired) electrons. The molecule has 76 valence electrons. The van der Waals surface area contributed by atoms with E-state index >= 15 is 0 Å². The molecule has 1 N–H and O–H groups in total. The van der Waals surface area contributed by atoms with Gasteiger partial charge in [-0.3, -0.25) is 0 Å². The van der Waals surface area contributed by atoms with E-state index in [1.165, 1.54) is 18.9 Å². The molecular formula is C12H16FN. The zero-order valence-electron chi connectivity index (χ0n) is 8.46. The van der Waals surface area contributed by atoms with Gasteiger partial charge in [0.1, 0.15) is 5.82 Å². The average Bonchev–Trinajstić information content (AvgIpc) is 2.13. The number of hydrogen-bond acceptors (Lipinski definition) is 1. The Balaban J connectivity index is 1.83. The van der Waals surface area contributed by atoms with E-state index in [-0.39, 0.29) is 5.82 Å². The fraction of sp³-hybridized carbons (Fsp3) is 0.500. The van der Waals surface area contributed by atoms with Gasteiger partial charge in [-0.15, -0.1) is 0 Å². The van der Waals surface area contributed by atoms with Gasteiger partial charge in [-0.05, 0) is 24.8 Å². The fourth-order valence-electron chi connectivity index (χ4n) is 1.97. The highest BCUT2D eigenvalue weighted by Crippen LogP contribution is 2.26. The van der Waals surface area contributed by atoms with E-state index in [0.29, 0.717) is 12.6 Å². The summed E-state index contributed by atoms with van der Waals surface area (Å²) in [5.41, 5.74) is 0.770. The third-order valence-corrected chi connectivity index (χ3v) is 2.91. The highest BCUT2D eigenvalue weighted by atomic mass is 19.1. The quantitative estimate of drug-likeness (QED) is 0.778. The van der Waals surface area contributed by atoms with Crippen molar-refractivity contribution < 1.29 is 4.39 Å². The molecule has 1 aliphatic carbocycles. The summed E-state index contributed by atoms with van der Waals surface area (Å²) in [5, 5.41) is 3.37. The number of nitrogens with one attached hydrogen (secondary N) is 1. The van der Waals surface area contributed by atoms with Crippen molar-refractivity contribution in [3.8, 4) is 0 Å². The summed E-state index contributed by atoms with van der Waals surface area (Å²) in [5.74, 6) is 0.737. The predicted molar refractivity (Wildman–Crippen MR) is 55.4 cm³/mol. The van der Waals surface area contributed by atoms with E-state index in [0.717, 1.165) is 11.5 Å². The highest BCUT2D eigenvalue weighted by molar-refractivity contribution is 5.17. The maximum atomic E-state index is 13.2. The fourth-order valence-corrected chi connectivity index (χ4v) is 1.97. The van der Waals surface area contributed by atoms with E-state index in [4.69, 9.17) is 0 Å². The molecule has 0 unspecified atom stereocenters. The normalized spacial score (nSPS) is 25.9. The molecule has 0 aromatic heterocycles. The van der Waals surface area contributed by atoms with Gasteiger partial charge in [0.2, 0.25) is 0 Å². The van der Waals surface area contributed by atoms with Crippen molar-refractivity contribution in [2.75, 3.05) is 0 Å². The molecule has 1 nitrogen and oxygen atoms in total. The molecule has 0 bridgehead atoms. The third kappa shape index (κ3) is 2.13. The van der Waals surface area contributed by atoms with Crippen LogP contribution in [0.5, 0.6) is 0 Å². The lowest BCUT2D eigenvalue weighted by molar-refractivity contribution is 0.239. The second-order valence-corrected chi connectivity index (χ2v) is 4.25. The van der Waals surface area contributed by atoms with E-state index < -0.39 is 0 Å². The molecule has 2 rings (SSSR count). The molecule has 0 heterocycles. The molecular weight excluding hydrogens is 177 g/mol. The van der Waals surface area contributed by atoms with Crippen LogP contribution in [-0.4, -0.2) is 6.04 Å².